The molecular weight excluding hydrogens is 468 g/mol. The Morgan fingerprint density at radius 2 is 0.605 bits per heavy atom. The fourth-order valence-corrected chi connectivity index (χ4v) is 4.60. The molecule has 0 spiro atoms. The van der Waals surface area contributed by atoms with E-state index in [0.717, 1.165) is 39.3 Å². The number of benzene rings is 1. The van der Waals surface area contributed by atoms with Gasteiger partial charge < -0.3 is 0 Å². The fourth-order valence-electron chi connectivity index (χ4n) is 4.60. The third-order valence-electron chi connectivity index (χ3n) is 6.35. The second-order valence-electron chi connectivity index (χ2n) is 9.55. The van der Waals surface area contributed by atoms with Gasteiger partial charge in [-0.05, 0) is 57.6 Å². The van der Waals surface area contributed by atoms with Gasteiger partial charge in [-0.15, -0.1) is 0 Å². The molecule has 190 valence electrons. The monoisotopic (exact) mass is 500 g/mol. The molecule has 0 unspecified atom stereocenters. The summed E-state index contributed by atoms with van der Waals surface area (Å²) in [6, 6.07) is 25.5. The molecule has 38 heavy (non-hydrogen) atoms. The molecule has 0 atom stereocenters. The van der Waals surface area contributed by atoms with Gasteiger partial charge in [-0.25, -0.2) is 0 Å². The van der Waals surface area contributed by atoms with Crippen molar-refractivity contribution in [1.82, 2.24) is 29.7 Å². The zero-order valence-corrected chi connectivity index (χ0v) is 21.5. The van der Waals surface area contributed by atoms with Crippen LogP contribution in [-0.2, 0) is 39.3 Å². The highest BCUT2D eigenvalue weighted by Crippen LogP contribution is 2.17. The van der Waals surface area contributed by atoms with Crippen molar-refractivity contribution in [2.24, 2.45) is 0 Å². The lowest BCUT2D eigenvalue weighted by Crippen LogP contribution is -2.23. The molecule has 0 N–H and O–H groups in total. The molecule has 0 amide bonds. The van der Waals surface area contributed by atoms with E-state index in [1.54, 1.807) is 0 Å². The highest BCUT2D eigenvalue weighted by molar-refractivity contribution is 5.24. The molecule has 6 nitrogen and oxygen atoms in total. The van der Waals surface area contributed by atoms with Crippen LogP contribution in [0.1, 0.15) is 33.4 Å². The zero-order valence-electron chi connectivity index (χ0n) is 21.5. The van der Waals surface area contributed by atoms with Crippen LogP contribution >= 0.6 is 0 Å². The molecule has 1 aromatic carbocycles. The summed E-state index contributed by atoms with van der Waals surface area (Å²) in [5.74, 6) is 0. The summed E-state index contributed by atoms with van der Waals surface area (Å²) < 4.78 is 0. The molecular formula is C32H32N6. The summed E-state index contributed by atoms with van der Waals surface area (Å²) in [7, 11) is 0. The molecule has 4 aromatic heterocycles. The minimum Gasteiger partial charge on any atom is -0.290 e. The third kappa shape index (κ3) is 7.87. The van der Waals surface area contributed by atoms with Crippen LogP contribution in [0, 0.1) is 0 Å². The Morgan fingerprint density at radius 3 is 0.842 bits per heavy atom. The number of nitrogens with zero attached hydrogens (tertiary/aromatic N) is 6. The Hall–Kier alpha value is -4.26. The summed E-state index contributed by atoms with van der Waals surface area (Å²) in [5, 5.41) is 0. The highest BCUT2D eigenvalue weighted by atomic mass is 15.1. The molecule has 4 heterocycles. The second kappa shape index (κ2) is 13.3. The first-order chi connectivity index (χ1) is 18.8. The van der Waals surface area contributed by atoms with E-state index >= 15 is 0 Å². The van der Waals surface area contributed by atoms with E-state index in [1.165, 1.54) is 33.4 Å². The van der Waals surface area contributed by atoms with E-state index < -0.39 is 0 Å². The van der Waals surface area contributed by atoms with E-state index in [4.69, 9.17) is 0 Å². The molecule has 0 saturated heterocycles. The van der Waals surface area contributed by atoms with E-state index in [-0.39, 0.29) is 0 Å². The Bertz CT molecular complexity index is 1160. The number of hydrogen-bond donors (Lipinski definition) is 0. The van der Waals surface area contributed by atoms with E-state index in [2.05, 4.69) is 78.3 Å². The minimum atomic E-state index is 0.828. The Morgan fingerprint density at radius 1 is 0.342 bits per heavy atom. The average molecular weight is 501 g/mol. The van der Waals surface area contributed by atoms with Crippen LogP contribution in [0.25, 0.3) is 0 Å². The molecule has 5 aromatic rings. The van der Waals surface area contributed by atoms with Gasteiger partial charge in [-0.1, -0.05) is 48.5 Å². The first-order valence-electron chi connectivity index (χ1n) is 12.9. The van der Waals surface area contributed by atoms with Gasteiger partial charge in [0, 0.05) is 88.8 Å². The quantitative estimate of drug-likeness (QED) is 0.220. The van der Waals surface area contributed by atoms with Crippen LogP contribution in [0.3, 0.4) is 0 Å². The lowest BCUT2D eigenvalue weighted by molar-refractivity contribution is 0.245. The Labute approximate surface area is 224 Å². The number of pyridine rings is 4. The van der Waals surface area contributed by atoms with Gasteiger partial charge in [-0.2, -0.15) is 0 Å². The summed E-state index contributed by atoms with van der Waals surface area (Å²) in [6.45, 7) is 5.00. The number of hydrogen-bond acceptors (Lipinski definition) is 6. The molecule has 0 fully saturated rings. The molecule has 0 aliphatic rings. The predicted molar refractivity (Wildman–Crippen MR) is 149 cm³/mol. The van der Waals surface area contributed by atoms with Crippen LogP contribution in [0.15, 0.2) is 122 Å². The van der Waals surface area contributed by atoms with Gasteiger partial charge in [0.1, 0.15) is 0 Å². The molecule has 5 rings (SSSR count). The topological polar surface area (TPSA) is 58.0 Å². The predicted octanol–water partition coefficient (Wildman–Crippen LogP) is 5.67. The maximum atomic E-state index is 4.30. The second-order valence-corrected chi connectivity index (χ2v) is 9.55. The van der Waals surface area contributed by atoms with Crippen molar-refractivity contribution in [1.29, 1.82) is 0 Å². The maximum Gasteiger partial charge on any atom is 0.0312 e. The first-order valence-corrected chi connectivity index (χ1v) is 12.9. The van der Waals surface area contributed by atoms with Crippen molar-refractivity contribution in [3.05, 3.63) is 156 Å². The normalized spacial score (nSPS) is 11.2. The largest absolute Gasteiger partial charge is 0.290 e. The van der Waals surface area contributed by atoms with Gasteiger partial charge >= 0.3 is 0 Å². The smallest absolute Gasteiger partial charge is 0.0312 e. The molecule has 6 heteroatoms. The maximum absolute atomic E-state index is 4.30. The molecule has 0 bridgehead atoms. The van der Waals surface area contributed by atoms with Gasteiger partial charge in [-0.3, -0.25) is 29.7 Å². The Balaban J connectivity index is 1.28. The van der Waals surface area contributed by atoms with Crippen molar-refractivity contribution in [3.63, 3.8) is 0 Å². The number of rotatable bonds is 12. The van der Waals surface area contributed by atoms with Crippen LogP contribution in [0.4, 0.5) is 0 Å². The van der Waals surface area contributed by atoms with Crippen molar-refractivity contribution in [2.45, 2.75) is 39.3 Å². The van der Waals surface area contributed by atoms with Gasteiger partial charge in [0.25, 0.3) is 0 Å². The van der Waals surface area contributed by atoms with Gasteiger partial charge in [0.15, 0.2) is 0 Å². The van der Waals surface area contributed by atoms with Gasteiger partial charge in [0.05, 0.1) is 0 Å². The van der Waals surface area contributed by atoms with E-state index in [1.807, 2.05) is 73.8 Å². The van der Waals surface area contributed by atoms with Gasteiger partial charge in [0.2, 0.25) is 0 Å². The van der Waals surface area contributed by atoms with E-state index in [9.17, 15) is 0 Å². The van der Waals surface area contributed by atoms with Crippen LogP contribution < -0.4 is 0 Å². The first kappa shape index (κ1) is 25.4. The molecule has 0 saturated carbocycles. The van der Waals surface area contributed by atoms with Crippen molar-refractivity contribution in [3.8, 4) is 0 Å². The standard InChI is InChI=1S/C32H32N6/c1-5-29(17-33-13-1)23-37(24-30-6-2-14-34-18-30)21-27-9-11-28(12-10-27)22-38(25-31-7-3-15-35-19-31)26-32-8-4-16-36-20-32/h1-20H,21-26H2. The summed E-state index contributed by atoms with van der Waals surface area (Å²) in [5.41, 5.74) is 7.38. The van der Waals surface area contributed by atoms with Crippen LogP contribution in [0.5, 0.6) is 0 Å². The SMILES string of the molecule is c1cncc(CN(Cc2ccc(CN(Cc3cccnc3)Cc3cccnc3)cc2)Cc2cccnc2)c1. The van der Waals surface area contributed by atoms with Crippen LogP contribution in [0.2, 0.25) is 0 Å². The Kier molecular flexibility index (Phi) is 8.91. The lowest BCUT2D eigenvalue weighted by atomic mass is 10.1. The average Bonchev–Trinajstić information content (AvgIpc) is 2.96. The van der Waals surface area contributed by atoms with Crippen LogP contribution in [-0.4, -0.2) is 29.7 Å². The zero-order chi connectivity index (χ0) is 25.8. The third-order valence-corrected chi connectivity index (χ3v) is 6.35. The minimum absolute atomic E-state index is 0.828. The number of aromatic nitrogens is 4. The summed E-state index contributed by atoms with van der Waals surface area (Å²) in [4.78, 5) is 22.1. The summed E-state index contributed by atoms with van der Waals surface area (Å²) in [6.07, 6.45) is 15.0. The molecule has 0 radical (unpaired) electrons. The summed E-state index contributed by atoms with van der Waals surface area (Å²) >= 11 is 0. The molecule has 0 aliphatic carbocycles. The fraction of sp³-hybridized carbons (Fsp3) is 0.188. The molecule has 0 aliphatic heterocycles. The highest BCUT2D eigenvalue weighted by Gasteiger charge is 2.11. The van der Waals surface area contributed by atoms with Crippen molar-refractivity contribution in [2.75, 3.05) is 0 Å². The van der Waals surface area contributed by atoms with Crippen molar-refractivity contribution >= 4 is 0 Å². The van der Waals surface area contributed by atoms with Crippen molar-refractivity contribution < 1.29 is 0 Å². The van der Waals surface area contributed by atoms with E-state index in [0.29, 0.717) is 0 Å². The lowest BCUT2D eigenvalue weighted by Gasteiger charge is -2.24.